The van der Waals surface area contributed by atoms with Crippen LogP contribution in [-0.4, -0.2) is 26.9 Å². The minimum absolute atomic E-state index is 0.200. The molecule has 1 aromatic carbocycles. The van der Waals surface area contributed by atoms with Crippen LogP contribution in [0.5, 0.6) is 0 Å². The summed E-state index contributed by atoms with van der Waals surface area (Å²) in [7, 11) is -1.96. The summed E-state index contributed by atoms with van der Waals surface area (Å²) in [5.41, 5.74) is 4.61. The number of amides is 1. The SMILES string of the molecule is NC(=O)CS(=O)c1cc(C(=O)O)ccc1F. The second kappa shape index (κ2) is 4.84. The van der Waals surface area contributed by atoms with Crippen molar-refractivity contribution in [3.05, 3.63) is 29.6 Å². The van der Waals surface area contributed by atoms with Crippen molar-refractivity contribution >= 4 is 22.7 Å². The minimum Gasteiger partial charge on any atom is -0.478 e. The fraction of sp³-hybridized carbons (Fsp3) is 0.111. The number of hydrogen-bond acceptors (Lipinski definition) is 3. The van der Waals surface area contributed by atoms with Gasteiger partial charge in [-0.3, -0.25) is 9.00 Å². The first-order valence-corrected chi connectivity index (χ1v) is 5.43. The van der Waals surface area contributed by atoms with Crippen molar-refractivity contribution in [2.45, 2.75) is 4.90 Å². The van der Waals surface area contributed by atoms with Crippen molar-refractivity contribution in [1.29, 1.82) is 0 Å². The van der Waals surface area contributed by atoms with E-state index in [0.29, 0.717) is 0 Å². The molecule has 5 nitrogen and oxygen atoms in total. The van der Waals surface area contributed by atoms with Crippen LogP contribution < -0.4 is 5.73 Å². The van der Waals surface area contributed by atoms with Crippen LogP contribution in [0, 0.1) is 5.82 Å². The number of halogens is 1. The van der Waals surface area contributed by atoms with Gasteiger partial charge in [0.1, 0.15) is 11.6 Å². The van der Waals surface area contributed by atoms with E-state index in [0.717, 1.165) is 18.2 Å². The molecular weight excluding hydrogens is 237 g/mol. The third-order valence-corrected chi connectivity index (χ3v) is 3.05. The van der Waals surface area contributed by atoms with Gasteiger partial charge in [0.05, 0.1) is 21.3 Å². The number of rotatable bonds is 4. The number of carbonyl (C=O) groups excluding carboxylic acids is 1. The van der Waals surface area contributed by atoms with Crippen molar-refractivity contribution in [3.63, 3.8) is 0 Å². The molecule has 1 atom stereocenters. The van der Waals surface area contributed by atoms with Crippen molar-refractivity contribution < 1.29 is 23.3 Å². The Bertz CT molecular complexity index is 475. The highest BCUT2D eigenvalue weighted by Crippen LogP contribution is 2.15. The van der Waals surface area contributed by atoms with E-state index in [1.165, 1.54) is 0 Å². The van der Waals surface area contributed by atoms with Crippen LogP contribution in [0.15, 0.2) is 23.1 Å². The molecule has 0 aliphatic carbocycles. The third-order valence-electron chi connectivity index (χ3n) is 1.70. The van der Waals surface area contributed by atoms with Crippen LogP contribution in [-0.2, 0) is 15.6 Å². The van der Waals surface area contributed by atoms with Gasteiger partial charge in [-0.1, -0.05) is 0 Å². The number of carboxylic acid groups (broad SMARTS) is 1. The summed E-state index contributed by atoms with van der Waals surface area (Å²) in [6.07, 6.45) is 0. The van der Waals surface area contributed by atoms with E-state index in [2.05, 4.69) is 0 Å². The number of benzene rings is 1. The van der Waals surface area contributed by atoms with Crippen LogP contribution >= 0.6 is 0 Å². The smallest absolute Gasteiger partial charge is 0.335 e. The molecule has 1 rings (SSSR count). The first-order valence-electron chi connectivity index (χ1n) is 4.11. The molecule has 0 saturated heterocycles. The average molecular weight is 245 g/mol. The van der Waals surface area contributed by atoms with E-state index in [4.69, 9.17) is 10.8 Å². The Labute approximate surface area is 92.5 Å². The Morgan fingerprint density at radius 2 is 2.06 bits per heavy atom. The zero-order valence-electron chi connectivity index (χ0n) is 7.97. The fourth-order valence-electron chi connectivity index (χ4n) is 1.02. The highest BCUT2D eigenvalue weighted by molar-refractivity contribution is 7.85. The lowest BCUT2D eigenvalue weighted by Gasteiger charge is -2.03. The molecule has 0 saturated carbocycles. The summed E-state index contributed by atoms with van der Waals surface area (Å²) in [6.45, 7) is 0. The zero-order valence-corrected chi connectivity index (χ0v) is 8.79. The number of carboxylic acids is 1. The fourth-order valence-corrected chi connectivity index (χ4v) is 1.98. The van der Waals surface area contributed by atoms with Crippen LogP contribution in [0.25, 0.3) is 0 Å². The quantitative estimate of drug-likeness (QED) is 0.787. The average Bonchev–Trinajstić information content (AvgIpc) is 2.16. The molecule has 0 fully saturated rings. The van der Waals surface area contributed by atoms with Gasteiger partial charge in [0, 0.05) is 0 Å². The van der Waals surface area contributed by atoms with Gasteiger partial charge in [-0.15, -0.1) is 0 Å². The van der Waals surface area contributed by atoms with E-state index in [1.807, 2.05) is 0 Å². The summed E-state index contributed by atoms with van der Waals surface area (Å²) in [4.78, 5) is 20.8. The van der Waals surface area contributed by atoms with Crippen LogP contribution in [0.4, 0.5) is 4.39 Å². The molecule has 0 heterocycles. The minimum atomic E-state index is -1.96. The molecule has 86 valence electrons. The largest absolute Gasteiger partial charge is 0.478 e. The molecule has 0 radical (unpaired) electrons. The maximum Gasteiger partial charge on any atom is 0.335 e. The molecule has 0 aliphatic heterocycles. The maximum atomic E-state index is 13.2. The second-order valence-electron chi connectivity index (χ2n) is 2.91. The van der Waals surface area contributed by atoms with Gasteiger partial charge < -0.3 is 10.8 Å². The van der Waals surface area contributed by atoms with Crippen molar-refractivity contribution in [2.24, 2.45) is 5.73 Å². The molecule has 0 bridgehead atoms. The zero-order chi connectivity index (χ0) is 12.3. The second-order valence-corrected chi connectivity index (χ2v) is 4.33. The normalized spacial score (nSPS) is 12.1. The molecule has 0 aliphatic rings. The molecular formula is C9H8FNO4S. The standard InChI is InChI=1S/C9H8FNO4S/c10-6-2-1-5(9(13)14)3-7(6)16(15)4-8(11)12/h1-3H,4H2,(H2,11,12)(H,13,14). The van der Waals surface area contributed by atoms with E-state index < -0.39 is 34.2 Å². The van der Waals surface area contributed by atoms with E-state index in [-0.39, 0.29) is 10.5 Å². The van der Waals surface area contributed by atoms with Gasteiger partial charge >= 0.3 is 5.97 Å². The van der Waals surface area contributed by atoms with Gasteiger partial charge in [-0.05, 0) is 18.2 Å². The number of aromatic carboxylic acids is 1. The van der Waals surface area contributed by atoms with Gasteiger partial charge in [-0.2, -0.15) is 0 Å². The number of carbonyl (C=O) groups is 2. The highest BCUT2D eigenvalue weighted by Gasteiger charge is 2.15. The van der Waals surface area contributed by atoms with E-state index >= 15 is 0 Å². The van der Waals surface area contributed by atoms with Crippen molar-refractivity contribution in [1.82, 2.24) is 0 Å². The summed E-state index contributed by atoms with van der Waals surface area (Å²) in [5.74, 6) is -3.49. The van der Waals surface area contributed by atoms with Crippen molar-refractivity contribution in [3.8, 4) is 0 Å². The molecule has 0 aromatic heterocycles. The van der Waals surface area contributed by atoms with Gasteiger partial charge in [0.25, 0.3) is 0 Å². The summed E-state index contributed by atoms with van der Waals surface area (Å²) >= 11 is 0. The lowest BCUT2D eigenvalue weighted by molar-refractivity contribution is -0.115. The number of primary amides is 1. The molecule has 3 N–H and O–H groups in total. The Balaban J connectivity index is 3.11. The molecule has 1 unspecified atom stereocenters. The van der Waals surface area contributed by atoms with Crippen molar-refractivity contribution in [2.75, 3.05) is 5.75 Å². The predicted molar refractivity (Wildman–Crippen MR) is 53.8 cm³/mol. The molecule has 16 heavy (non-hydrogen) atoms. The van der Waals surface area contributed by atoms with Crippen LogP contribution in [0.2, 0.25) is 0 Å². The first kappa shape index (κ1) is 12.3. The number of hydrogen-bond donors (Lipinski definition) is 2. The monoisotopic (exact) mass is 245 g/mol. The molecule has 1 aromatic rings. The van der Waals surface area contributed by atoms with Gasteiger partial charge in [0.15, 0.2) is 0 Å². The Hall–Kier alpha value is -1.76. The van der Waals surface area contributed by atoms with E-state index in [1.54, 1.807) is 0 Å². The Morgan fingerprint density at radius 1 is 1.44 bits per heavy atom. The highest BCUT2D eigenvalue weighted by atomic mass is 32.2. The third kappa shape index (κ3) is 2.86. The first-order chi connectivity index (χ1) is 7.41. The predicted octanol–water partition coefficient (Wildman–Crippen LogP) is 0.117. The topological polar surface area (TPSA) is 97.5 Å². The van der Waals surface area contributed by atoms with Crippen LogP contribution in [0.1, 0.15) is 10.4 Å². The number of nitrogens with two attached hydrogens (primary N) is 1. The van der Waals surface area contributed by atoms with Gasteiger partial charge in [-0.25, -0.2) is 9.18 Å². The molecule has 7 heteroatoms. The maximum absolute atomic E-state index is 13.2. The lowest BCUT2D eigenvalue weighted by Crippen LogP contribution is -2.20. The Kier molecular flexibility index (Phi) is 3.73. The van der Waals surface area contributed by atoms with Gasteiger partial charge in [0.2, 0.25) is 5.91 Å². The summed E-state index contributed by atoms with van der Waals surface area (Å²) in [5, 5.41) is 8.65. The summed E-state index contributed by atoms with van der Waals surface area (Å²) < 4.78 is 24.6. The molecule has 1 amide bonds. The Morgan fingerprint density at radius 3 is 2.56 bits per heavy atom. The summed E-state index contributed by atoms with van der Waals surface area (Å²) in [6, 6.07) is 2.86. The van der Waals surface area contributed by atoms with E-state index in [9.17, 15) is 18.2 Å². The lowest BCUT2D eigenvalue weighted by atomic mass is 10.2. The molecule has 0 spiro atoms. The van der Waals surface area contributed by atoms with Crippen LogP contribution in [0.3, 0.4) is 0 Å².